The van der Waals surface area contributed by atoms with Crippen molar-refractivity contribution in [2.45, 2.75) is 26.2 Å². The fourth-order valence-corrected chi connectivity index (χ4v) is 1.28. The molecular weight excluding hydrogens is 176 g/mol. The molecule has 1 rings (SSSR count). The average Bonchev–Trinajstić information content (AvgIpc) is 2.26. The van der Waals surface area contributed by atoms with Gasteiger partial charge in [-0.3, -0.25) is 10.2 Å². The number of carbonyl (C=O) groups excluding carboxylic acids is 1. The predicted molar refractivity (Wildman–Crippen MR) is 55.6 cm³/mol. The number of benzene rings is 1. The van der Waals surface area contributed by atoms with Crippen molar-refractivity contribution >= 4 is 5.91 Å². The molecule has 2 N–H and O–H groups in total. The summed E-state index contributed by atoms with van der Waals surface area (Å²) in [6.07, 6.45) is 3.40. The summed E-state index contributed by atoms with van der Waals surface area (Å²) in [6, 6.07) is 7.41. The van der Waals surface area contributed by atoms with Crippen molar-refractivity contribution in [3.8, 4) is 0 Å². The van der Waals surface area contributed by atoms with Gasteiger partial charge in [-0.05, 0) is 30.5 Å². The molecule has 0 aromatic heterocycles. The van der Waals surface area contributed by atoms with Crippen LogP contribution in [0.3, 0.4) is 0 Å². The molecule has 1 aromatic carbocycles. The lowest BCUT2D eigenvalue weighted by Crippen LogP contribution is -2.20. The fraction of sp³-hybridized carbons (Fsp3) is 0.364. The Morgan fingerprint density at radius 3 is 2.50 bits per heavy atom. The zero-order chi connectivity index (χ0) is 10.4. The van der Waals surface area contributed by atoms with Crippen LogP contribution in [0, 0.1) is 0 Å². The molecule has 0 fully saturated rings. The van der Waals surface area contributed by atoms with Crippen molar-refractivity contribution < 1.29 is 4.79 Å². The zero-order valence-corrected chi connectivity index (χ0v) is 8.34. The Bertz CT molecular complexity index is 293. The van der Waals surface area contributed by atoms with E-state index in [1.807, 2.05) is 17.6 Å². The topological polar surface area (TPSA) is 52.9 Å². The highest BCUT2D eigenvalue weighted by atomic mass is 16.2. The minimum Gasteiger partial charge on any atom is -0.272 e. The normalized spacial score (nSPS) is 9.86. The molecule has 0 saturated heterocycles. The van der Waals surface area contributed by atoms with Crippen molar-refractivity contribution in [2.75, 3.05) is 0 Å². The van der Waals surface area contributed by atoms with E-state index in [0.29, 0.717) is 5.56 Å². The van der Waals surface area contributed by atoms with Crippen LogP contribution in [-0.2, 0) is 6.42 Å². The molecule has 0 unspecified atom stereocenters. The first kappa shape index (κ1) is 10.7. The van der Waals surface area contributed by atoms with Crippen molar-refractivity contribution in [1.82, 2.24) is 11.3 Å². The van der Waals surface area contributed by atoms with Gasteiger partial charge in [-0.25, -0.2) is 0 Å². The Hall–Kier alpha value is -1.35. The summed E-state index contributed by atoms with van der Waals surface area (Å²) < 4.78 is 0. The molecule has 1 amide bonds. The third kappa shape index (κ3) is 2.85. The number of carbonyl (C=O) groups is 1. The van der Waals surface area contributed by atoms with Gasteiger partial charge in [-0.1, -0.05) is 25.5 Å². The minimum atomic E-state index is -0.355. The van der Waals surface area contributed by atoms with Gasteiger partial charge in [0.1, 0.15) is 0 Å². The molecule has 0 bridgehead atoms. The van der Waals surface area contributed by atoms with E-state index in [2.05, 4.69) is 6.92 Å². The quantitative estimate of drug-likeness (QED) is 0.727. The Kier molecular flexibility index (Phi) is 4.13. The Morgan fingerprint density at radius 1 is 1.36 bits per heavy atom. The third-order valence-corrected chi connectivity index (χ3v) is 2.15. The van der Waals surface area contributed by atoms with E-state index in [1.54, 1.807) is 12.1 Å². The first-order chi connectivity index (χ1) is 6.77. The Morgan fingerprint density at radius 2 is 2.00 bits per heavy atom. The van der Waals surface area contributed by atoms with Gasteiger partial charge in [0.05, 0.1) is 0 Å². The van der Waals surface area contributed by atoms with Crippen LogP contribution in [0.5, 0.6) is 0 Å². The highest BCUT2D eigenvalue weighted by molar-refractivity contribution is 5.93. The number of rotatable bonds is 4. The fourth-order valence-electron chi connectivity index (χ4n) is 1.28. The summed E-state index contributed by atoms with van der Waals surface area (Å²) >= 11 is 0. The third-order valence-electron chi connectivity index (χ3n) is 2.15. The van der Waals surface area contributed by atoms with Crippen LogP contribution in [0.2, 0.25) is 0 Å². The number of hydrogen-bond acceptors (Lipinski definition) is 1. The molecule has 0 atom stereocenters. The van der Waals surface area contributed by atoms with Crippen LogP contribution in [0.1, 0.15) is 35.7 Å². The molecule has 1 aromatic rings. The summed E-state index contributed by atoms with van der Waals surface area (Å²) in [6.45, 7) is 2.15. The summed E-state index contributed by atoms with van der Waals surface area (Å²) in [4.78, 5) is 11.0. The maximum Gasteiger partial charge on any atom is 0.266 e. The summed E-state index contributed by atoms with van der Waals surface area (Å²) in [5.41, 5.74) is 3.64. The summed E-state index contributed by atoms with van der Waals surface area (Å²) in [5, 5.41) is 0. The molecule has 0 aliphatic rings. The highest BCUT2D eigenvalue weighted by Gasteiger charge is 2.02. The highest BCUT2D eigenvalue weighted by Crippen LogP contribution is 2.07. The summed E-state index contributed by atoms with van der Waals surface area (Å²) in [7, 11) is 0. The van der Waals surface area contributed by atoms with Crippen molar-refractivity contribution in [3.05, 3.63) is 35.4 Å². The monoisotopic (exact) mass is 191 g/mol. The Balaban J connectivity index is 2.63. The average molecular weight is 191 g/mol. The first-order valence-corrected chi connectivity index (χ1v) is 4.84. The number of amides is 1. The molecule has 14 heavy (non-hydrogen) atoms. The van der Waals surface area contributed by atoms with Crippen molar-refractivity contribution in [2.24, 2.45) is 0 Å². The van der Waals surface area contributed by atoms with Crippen LogP contribution in [-0.4, -0.2) is 5.91 Å². The van der Waals surface area contributed by atoms with Gasteiger partial charge < -0.3 is 0 Å². The van der Waals surface area contributed by atoms with Crippen LogP contribution in [0.4, 0.5) is 0 Å². The standard InChI is InChI=1S/C11H15N2O/c1-2-3-4-9-5-7-10(8-6-9)11(14)13-12/h5-8,12H,2-4H2,1H3,(H,13,14). The van der Waals surface area contributed by atoms with Gasteiger partial charge in [0, 0.05) is 5.56 Å². The molecule has 0 aliphatic heterocycles. The molecule has 0 spiro atoms. The van der Waals surface area contributed by atoms with Gasteiger partial charge in [-0.15, -0.1) is 0 Å². The number of unbranched alkanes of at least 4 members (excludes halogenated alkanes) is 1. The van der Waals surface area contributed by atoms with E-state index in [4.69, 9.17) is 5.84 Å². The van der Waals surface area contributed by atoms with Gasteiger partial charge in [-0.2, -0.15) is 5.84 Å². The minimum absolute atomic E-state index is 0.355. The van der Waals surface area contributed by atoms with Crippen molar-refractivity contribution in [1.29, 1.82) is 0 Å². The number of nitrogens with one attached hydrogen (secondary N) is 2. The molecule has 3 heteroatoms. The van der Waals surface area contributed by atoms with Crippen LogP contribution >= 0.6 is 0 Å². The summed E-state index contributed by atoms with van der Waals surface area (Å²) in [5.74, 6) is 6.36. The number of aryl methyl sites for hydroxylation is 1. The van der Waals surface area contributed by atoms with Crippen LogP contribution in [0.15, 0.2) is 24.3 Å². The first-order valence-electron chi connectivity index (χ1n) is 4.84. The van der Waals surface area contributed by atoms with E-state index in [1.165, 1.54) is 18.4 Å². The molecule has 0 aliphatic carbocycles. The smallest absolute Gasteiger partial charge is 0.266 e. The molecular formula is C11H15N2O. The van der Waals surface area contributed by atoms with Crippen molar-refractivity contribution in [3.63, 3.8) is 0 Å². The van der Waals surface area contributed by atoms with Gasteiger partial charge in [0.25, 0.3) is 5.91 Å². The van der Waals surface area contributed by atoms with E-state index >= 15 is 0 Å². The van der Waals surface area contributed by atoms with Gasteiger partial charge in [0.2, 0.25) is 0 Å². The molecule has 0 heterocycles. The Labute approximate surface area is 84.3 Å². The molecule has 0 saturated carbocycles. The lowest BCUT2D eigenvalue weighted by Gasteiger charge is -2.01. The molecule has 1 radical (unpaired) electrons. The lowest BCUT2D eigenvalue weighted by atomic mass is 10.1. The second-order valence-electron chi connectivity index (χ2n) is 3.25. The van der Waals surface area contributed by atoms with E-state index in [0.717, 1.165) is 6.42 Å². The SMILES string of the molecule is CCCCc1ccc(C(=O)N[NH])cc1. The van der Waals surface area contributed by atoms with Gasteiger partial charge >= 0.3 is 0 Å². The van der Waals surface area contributed by atoms with E-state index < -0.39 is 0 Å². The van der Waals surface area contributed by atoms with Crippen LogP contribution in [0.25, 0.3) is 0 Å². The van der Waals surface area contributed by atoms with Gasteiger partial charge in [0.15, 0.2) is 0 Å². The van der Waals surface area contributed by atoms with E-state index in [-0.39, 0.29) is 5.91 Å². The molecule has 3 nitrogen and oxygen atoms in total. The lowest BCUT2D eigenvalue weighted by molar-refractivity contribution is 0.0950. The largest absolute Gasteiger partial charge is 0.272 e. The molecule has 75 valence electrons. The predicted octanol–water partition coefficient (Wildman–Crippen LogP) is 1.96. The second-order valence-corrected chi connectivity index (χ2v) is 3.25. The van der Waals surface area contributed by atoms with E-state index in [9.17, 15) is 4.79 Å². The second kappa shape index (κ2) is 5.40. The zero-order valence-electron chi connectivity index (χ0n) is 8.34. The number of hydrogen-bond donors (Lipinski definition) is 1. The maximum absolute atomic E-state index is 11.0. The van der Waals surface area contributed by atoms with Crippen LogP contribution < -0.4 is 11.3 Å². The maximum atomic E-state index is 11.0.